The lowest BCUT2D eigenvalue weighted by atomic mass is 9.63. The van der Waals surface area contributed by atoms with Crippen molar-refractivity contribution in [3.05, 3.63) is 66.7 Å². The maximum absolute atomic E-state index is 13.0. The van der Waals surface area contributed by atoms with Crippen LogP contribution in [0, 0.1) is 35.5 Å². The van der Waals surface area contributed by atoms with Crippen LogP contribution in [0.15, 0.2) is 66.7 Å². The van der Waals surface area contributed by atoms with E-state index in [1.807, 2.05) is 42.5 Å². The summed E-state index contributed by atoms with van der Waals surface area (Å²) in [7, 11) is 0. The molecule has 6 atom stereocenters. The molecule has 5 aliphatic rings. The van der Waals surface area contributed by atoms with E-state index in [1.54, 1.807) is 12.1 Å². The van der Waals surface area contributed by atoms with Crippen LogP contribution in [0.3, 0.4) is 0 Å². The van der Waals surface area contributed by atoms with E-state index < -0.39 is 5.97 Å². The number of rotatable bonds is 5. The van der Waals surface area contributed by atoms with Crippen LogP contribution in [0.4, 0.5) is 0 Å². The number of carbonyl (C=O) groups is 3. The molecule has 1 aliphatic heterocycles. The van der Waals surface area contributed by atoms with Crippen molar-refractivity contribution in [3.63, 3.8) is 0 Å². The normalized spacial score (nSPS) is 32.1. The zero-order valence-corrected chi connectivity index (χ0v) is 17.0. The number of nitrogens with zero attached hydrogens (tertiary/aromatic N) is 1. The van der Waals surface area contributed by atoms with Gasteiger partial charge in [0.15, 0.2) is 0 Å². The quantitative estimate of drug-likeness (QED) is 0.325. The molecule has 7 rings (SSSR count). The van der Waals surface area contributed by atoms with E-state index in [9.17, 15) is 14.4 Å². The zero-order valence-electron chi connectivity index (χ0n) is 17.0. The van der Waals surface area contributed by atoms with E-state index in [4.69, 9.17) is 4.74 Å². The molecule has 4 aliphatic carbocycles. The Bertz CT molecular complexity index is 1050. The van der Waals surface area contributed by atoms with Crippen molar-refractivity contribution in [1.29, 1.82) is 0 Å². The van der Waals surface area contributed by atoms with Crippen molar-refractivity contribution in [1.82, 2.24) is 4.90 Å². The number of amides is 2. The van der Waals surface area contributed by atoms with Gasteiger partial charge in [-0.05, 0) is 53.4 Å². The topological polar surface area (TPSA) is 63.7 Å². The Kier molecular flexibility index (Phi) is 4.13. The Balaban J connectivity index is 1.08. The Morgan fingerprint density at radius 2 is 1.42 bits per heavy atom. The predicted octanol–water partition coefficient (Wildman–Crippen LogP) is 3.70. The highest BCUT2D eigenvalue weighted by Crippen LogP contribution is 2.65. The van der Waals surface area contributed by atoms with Crippen LogP contribution in [0.5, 0.6) is 5.75 Å². The van der Waals surface area contributed by atoms with E-state index in [-0.39, 0.29) is 48.5 Å². The minimum atomic E-state index is -0.438. The Hall–Kier alpha value is -3.21. The number of ether oxygens (including phenoxy) is 1. The van der Waals surface area contributed by atoms with E-state index in [0.717, 1.165) is 17.5 Å². The third-order valence-corrected chi connectivity index (χ3v) is 7.49. The molecule has 0 N–H and O–H groups in total. The lowest BCUT2D eigenvalue weighted by molar-refractivity contribution is -0.141. The summed E-state index contributed by atoms with van der Waals surface area (Å²) in [6.07, 6.45) is 5.46. The molecule has 2 bridgehead atoms. The molecule has 0 radical (unpaired) electrons. The Morgan fingerprint density at radius 1 is 0.839 bits per heavy atom. The lowest BCUT2D eigenvalue weighted by Gasteiger charge is -2.37. The van der Waals surface area contributed by atoms with Crippen LogP contribution >= 0.6 is 0 Å². The van der Waals surface area contributed by atoms with Gasteiger partial charge in [0.1, 0.15) is 5.75 Å². The number of esters is 1. The van der Waals surface area contributed by atoms with Gasteiger partial charge in [0.2, 0.25) is 11.8 Å². The molecule has 1 saturated heterocycles. The highest BCUT2D eigenvalue weighted by atomic mass is 16.5. The second kappa shape index (κ2) is 6.91. The number of imide groups is 1. The SMILES string of the molecule is O=C(CCN1C(=O)[C@@H]2[C@@H]3C=C[C@H]([C@H]4C[C@@H]34)[C@@H]2C1=O)Oc1ccc(-c2ccccc2)cc1. The monoisotopic (exact) mass is 413 g/mol. The number of likely N-dealkylation sites (tertiary alicyclic amines) is 1. The standard InChI is InChI=1S/C26H23NO4/c28-22(31-17-8-6-16(7-9-17)15-4-2-1-3-5-15)12-13-27-25(29)23-18-10-11-19(21-14-20(18)21)24(23)26(27)30/h1-11,18-21,23-24H,12-14H2/t18-,19-,20-,21+,23+,24-/m1/s1. The molecule has 156 valence electrons. The smallest absolute Gasteiger partial charge is 0.312 e. The summed E-state index contributed by atoms with van der Waals surface area (Å²) in [5.41, 5.74) is 2.13. The van der Waals surface area contributed by atoms with E-state index in [0.29, 0.717) is 17.6 Å². The molecule has 0 aromatic heterocycles. The lowest BCUT2D eigenvalue weighted by Crippen LogP contribution is -2.40. The van der Waals surface area contributed by atoms with Gasteiger partial charge in [-0.1, -0.05) is 54.6 Å². The molecule has 31 heavy (non-hydrogen) atoms. The Morgan fingerprint density at radius 3 is 2.03 bits per heavy atom. The maximum atomic E-state index is 13.0. The van der Waals surface area contributed by atoms with Crippen LogP contribution in [-0.2, 0) is 14.4 Å². The predicted molar refractivity (Wildman–Crippen MR) is 114 cm³/mol. The fourth-order valence-electron chi connectivity index (χ4n) is 5.97. The summed E-state index contributed by atoms with van der Waals surface area (Å²) >= 11 is 0. The minimum absolute atomic E-state index is 0.00692. The molecular formula is C26H23NO4. The van der Waals surface area contributed by atoms with Crippen LogP contribution in [0.2, 0.25) is 0 Å². The van der Waals surface area contributed by atoms with Crippen LogP contribution in [0.25, 0.3) is 11.1 Å². The van der Waals surface area contributed by atoms with E-state index in [1.165, 1.54) is 4.90 Å². The summed E-state index contributed by atoms with van der Waals surface area (Å²) < 4.78 is 5.43. The summed E-state index contributed by atoms with van der Waals surface area (Å²) in [5, 5.41) is 0. The van der Waals surface area contributed by atoms with Gasteiger partial charge in [-0.15, -0.1) is 0 Å². The first-order valence-electron chi connectivity index (χ1n) is 11.0. The van der Waals surface area contributed by atoms with Gasteiger partial charge in [-0.3, -0.25) is 19.3 Å². The van der Waals surface area contributed by atoms with Gasteiger partial charge in [-0.25, -0.2) is 0 Å². The van der Waals surface area contributed by atoms with Crippen molar-refractivity contribution >= 4 is 17.8 Å². The highest BCUT2D eigenvalue weighted by molar-refractivity contribution is 6.06. The first-order valence-corrected chi connectivity index (χ1v) is 11.0. The second-order valence-electron chi connectivity index (χ2n) is 9.10. The third kappa shape index (κ3) is 2.94. The van der Waals surface area contributed by atoms with Crippen molar-refractivity contribution < 1.29 is 19.1 Å². The van der Waals surface area contributed by atoms with E-state index >= 15 is 0 Å². The molecule has 3 fully saturated rings. The fraction of sp³-hybridized carbons (Fsp3) is 0.346. The molecule has 2 amide bonds. The van der Waals surface area contributed by atoms with Gasteiger partial charge < -0.3 is 4.74 Å². The summed E-state index contributed by atoms with van der Waals surface area (Å²) in [6, 6.07) is 17.3. The van der Waals surface area contributed by atoms with Gasteiger partial charge in [0.05, 0.1) is 18.3 Å². The summed E-state index contributed by atoms with van der Waals surface area (Å²) in [4.78, 5) is 39.6. The maximum Gasteiger partial charge on any atom is 0.312 e. The number of allylic oxidation sites excluding steroid dienone is 2. The molecule has 2 saturated carbocycles. The summed E-state index contributed by atoms with van der Waals surface area (Å²) in [5.74, 6) is 0.966. The molecule has 0 unspecified atom stereocenters. The van der Waals surface area contributed by atoms with Crippen LogP contribution < -0.4 is 4.74 Å². The van der Waals surface area contributed by atoms with Crippen molar-refractivity contribution in [3.8, 4) is 16.9 Å². The second-order valence-corrected chi connectivity index (χ2v) is 9.10. The van der Waals surface area contributed by atoms with Crippen LogP contribution in [0.1, 0.15) is 12.8 Å². The number of hydrogen-bond acceptors (Lipinski definition) is 4. The molecule has 1 heterocycles. The molecular weight excluding hydrogens is 390 g/mol. The molecule has 2 aromatic carbocycles. The zero-order chi connectivity index (χ0) is 21.1. The van der Waals surface area contributed by atoms with Gasteiger partial charge in [-0.2, -0.15) is 0 Å². The largest absolute Gasteiger partial charge is 0.426 e. The van der Waals surface area contributed by atoms with Gasteiger partial charge >= 0.3 is 5.97 Å². The molecule has 2 aromatic rings. The van der Waals surface area contributed by atoms with Gasteiger partial charge in [0, 0.05) is 6.54 Å². The van der Waals surface area contributed by atoms with Crippen molar-refractivity contribution in [2.24, 2.45) is 35.5 Å². The number of carbonyl (C=O) groups excluding carboxylic acids is 3. The van der Waals surface area contributed by atoms with E-state index in [2.05, 4.69) is 12.2 Å². The number of benzene rings is 2. The molecule has 5 nitrogen and oxygen atoms in total. The third-order valence-electron chi connectivity index (χ3n) is 7.49. The van der Waals surface area contributed by atoms with Crippen LogP contribution in [-0.4, -0.2) is 29.2 Å². The van der Waals surface area contributed by atoms with Gasteiger partial charge in [0.25, 0.3) is 0 Å². The Labute approximate surface area is 180 Å². The fourth-order valence-corrected chi connectivity index (χ4v) is 5.97. The average molecular weight is 413 g/mol. The van der Waals surface area contributed by atoms with Crippen molar-refractivity contribution in [2.45, 2.75) is 12.8 Å². The number of hydrogen-bond donors (Lipinski definition) is 0. The van der Waals surface area contributed by atoms with Crippen molar-refractivity contribution in [2.75, 3.05) is 6.54 Å². The summed E-state index contributed by atoms with van der Waals surface area (Å²) in [6.45, 7) is 0.0976. The highest BCUT2D eigenvalue weighted by Gasteiger charge is 2.66. The molecule has 5 heteroatoms. The minimum Gasteiger partial charge on any atom is -0.426 e. The first-order chi connectivity index (χ1) is 15.1. The molecule has 0 spiro atoms. The first kappa shape index (κ1) is 18.6. The average Bonchev–Trinajstić information content (AvgIpc) is 3.58.